The SMILES string of the molecule is CC(NC(=O)Cn1cc(C(=O)O)nn1)c1ccc(Cl)s1. The van der Waals surface area contributed by atoms with Crippen LogP contribution in [0.2, 0.25) is 4.34 Å². The largest absolute Gasteiger partial charge is 0.476 e. The van der Waals surface area contributed by atoms with Crippen LogP contribution in [0.4, 0.5) is 0 Å². The molecule has 2 aromatic heterocycles. The topological polar surface area (TPSA) is 97.1 Å². The molecule has 2 rings (SSSR count). The summed E-state index contributed by atoms with van der Waals surface area (Å²) in [5, 5.41) is 18.5. The Morgan fingerprint density at radius 2 is 2.30 bits per heavy atom. The van der Waals surface area contributed by atoms with E-state index >= 15 is 0 Å². The fourth-order valence-corrected chi connectivity index (χ4v) is 2.60. The number of hydrogen-bond acceptors (Lipinski definition) is 5. The molecule has 0 fully saturated rings. The van der Waals surface area contributed by atoms with Crippen LogP contribution in [0.1, 0.15) is 28.3 Å². The summed E-state index contributed by atoms with van der Waals surface area (Å²) in [5.41, 5.74) is -0.198. The van der Waals surface area contributed by atoms with Gasteiger partial charge in [-0.1, -0.05) is 16.8 Å². The number of halogens is 1. The molecule has 0 aliphatic heterocycles. The van der Waals surface area contributed by atoms with Crippen molar-refractivity contribution >= 4 is 34.8 Å². The third kappa shape index (κ3) is 3.55. The number of aromatic carboxylic acids is 1. The van der Waals surface area contributed by atoms with Crippen molar-refractivity contribution < 1.29 is 14.7 Å². The molecule has 0 spiro atoms. The van der Waals surface area contributed by atoms with Gasteiger partial charge in [-0.3, -0.25) is 4.79 Å². The highest BCUT2D eigenvalue weighted by Crippen LogP contribution is 2.26. The van der Waals surface area contributed by atoms with E-state index in [2.05, 4.69) is 15.6 Å². The maximum atomic E-state index is 11.8. The van der Waals surface area contributed by atoms with Gasteiger partial charge in [-0.25, -0.2) is 9.48 Å². The van der Waals surface area contributed by atoms with E-state index in [1.165, 1.54) is 22.2 Å². The van der Waals surface area contributed by atoms with Gasteiger partial charge in [0.05, 0.1) is 16.6 Å². The maximum Gasteiger partial charge on any atom is 0.358 e. The number of carboxylic acids is 1. The molecular formula is C11H11ClN4O3S. The number of nitrogens with one attached hydrogen (secondary N) is 1. The van der Waals surface area contributed by atoms with Crippen molar-refractivity contribution in [1.82, 2.24) is 20.3 Å². The molecule has 0 aliphatic rings. The van der Waals surface area contributed by atoms with Crippen LogP contribution in [0.5, 0.6) is 0 Å². The molecule has 0 bridgehead atoms. The van der Waals surface area contributed by atoms with Gasteiger partial charge in [-0.15, -0.1) is 16.4 Å². The molecule has 0 saturated heterocycles. The Bertz CT molecular complexity index is 639. The fourth-order valence-electron chi connectivity index (χ4n) is 1.54. The van der Waals surface area contributed by atoms with Crippen LogP contribution in [0, 0.1) is 0 Å². The Morgan fingerprint density at radius 3 is 2.85 bits per heavy atom. The first-order chi connectivity index (χ1) is 9.45. The lowest BCUT2D eigenvalue weighted by atomic mass is 10.3. The molecule has 7 nitrogen and oxygen atoms in total. The molecule has 9 heteroatoms. The van der Waals surface area contributed by atoms with Crippen molar-refractivity contribution in [2.45, 2.75) is 19.5 Å². The molecule has 2 heterocycles. The third-order valence-electron chi connectivity index (χ3n) is 2.46. The minimum Gasteiger partial charge on any atom is -0.476 e. The second kappa shape index (κ2) is 6.02. The molecule has 20 heavy (non-hydrogen) atoms. The Kier molecular flexibility index (Phi) is 4.35. The second-order valence-corrected chi connectivity index (χ2v) is 5.78. The molecule has 0 radical (unpaired) electrons. The van der Waals surface area contributed by atoms with E-state index in [0.717, 1.165) is 4.88 Å². The first-order valence-electron chi connectivity index (χ1n) is 5.63. The van der Waals surface area contributed by atoms with Crippen LogP contribution >= 0.6 is 22.9 Å². The number of carbonyl (C=O) groups excluding carboxylic acids is 1. The molecule has 2 N–H and O–H groups in total. The Morgan fingerprint density at radius 1 is 1.55 bits per heavy atom. The normalized spacial score (nSPS) is 12.1. The van der Waals surface area contributed by atoms with Crippen molar-refractivity contribution in [3.05, 3.63) is 33.2 Å². The van der Waals surface area contributed by atoms with E-state index in [0.29, 0.717) is 4.34 Å². The lowest BCUT2D eigenvalue weighted by molar-refractivity contribution is -0.122. The zero-order valence-corrected chi connectivity index (χ0v) is 12.0. The molecule has 1 unspecified atom stereocenters. The van der Waals surface area contributed by atoms with Gasteiger partial charge in [0.15, 0.2) is 5.69 Å². The van der Waals surface area contributed by atoms with Crippen LogP contribution in [0.3, 0.4) is 0 Å². The smallest absolute Gasteiger partial charge is 0.358 e. The summed E-state index contributed by atoms with van der Waals surface area (Å²) in [6, 6.07) is 3.43. The number of aromatic nitrogens is 3. The number of rotatable bonds is 5. The van der Waals surface area contributed by atoms with E-state index in [1.807, 2.05) is 13.0 Å². The monoisotopic (exact) mass is 314 g/mol. The van der Waals surface area contributed by atoms with Gasteiger partial charge in [0.2, 0.25) is 5.91 Å². The minimum absolute atomic E-state index is 0.0935. The van der Waals surface area contributed by atoms with Gasteiger partial charge >= 0.3 is 5.97 Å². The molecule has 0 saturated carbocycles. The van der Waals surface area contributed by atoms with Crippen LogP contribution in [-0.2, 0) is 11.3 Å². The number of carboxylic acid groups (broad SMARTS) is 1. The molecular weight excluding hydrogens is 304 g/mol. The summed E-state index contributed by atoms with van der Waals surface area (Å²) in [5.74, 6) is -1.47. The number of thiophene rings is 1. The third-order valence-corrected chi connectivity index (χ3v) is 3.88. The maximum absolute atomic E-state index is 11.8. The van der Waals surface area contributed by atoms with Gasteiger partial charge in [-0.2, -0.15) is 0 Å². The summed E-state index contributed by atoms with van der Waals surface area (Å²) >= 11 is 7.22. The van der Waals surface area contributed by atoms with Crippen molar-refractivity contribution in [1.29, 1.82) is 0 Å². The summed E-state index contributed by atoms with van der Waals surface area (Å²) in [6.07, 6.45) is 1.20. The number of carbonyl (C=O) groups is 2. The Labute approximate surface area is 123 Å². The Hall–Kier alpha value is -1.93. The average molecular weight is 315 g/mol. The standard InChI is InChI=1S/C11H11ClN4O3S/c1-6(8-2-3-9(12)20-8)13-10(17)5-16-4-7(11(18)19)14-15-16/h2-4,6H,5H2,1H3,(H,13,17)(H,18,19). The summed E-state index contributed by atoms with van der Waals surface area (Å²) in [7, 11) is 0. The molecule has 1 amide bonds. The van der Waals surface area contributed by atoms with E-state index in [4.69, 9.17) is 16.7 Å². The predicted octanol–water partition coefficient (Wildman–Crippen LogP) is 1.57. The molecule has 0 aliphatic carbocycles. The van der Waals surface area contributed by atoms with E-state index < -0.39 is 5.97 Å². The summed E-state index contributed by atoms with van der Waals surface area (Å²) in [6.45, 7) is 1.74. The van der Waals surface area contributed by atoms with Crippen LogP contribution in [0.15, 0.2) is 18.3 Å². The highest BCUT2D eigenvalue weighted by atomic mass is 35.5. The lowest BCUT2D eigenvalue weighted by Crippen LogP contribution is -2.29. The summed E-state index contributed by atoms with van der Waals surface area (Å²) in [4.78, 5) is 23.4. The zero-order valence-electron chi connectivity index (χ0n) is 10.4. The van der Waals surface area contributed by atoms with Gasteiger partial charge in [0.25, 0.3) is 0 Å². The quantitative estimate of drug-likeness (QED) is 0.873. The van der Waals surface area contributed by atoms with Crippen molar-refractivity contribution in [3.63, 3.8) is 0 Å². The van der Waals surface area contributed by atoms with E-state index in [1.54, 1.807) is 6.07 Å². The van der Waals surface area contributed by atoms with Crippen molar-refractivity contribution in [3.8, 4) is 0 Å². The lowest BCUT2D eigenvalue weighted by Gasteiger charge is -2.11. The first kappa shape index (κ1) is 14.5. The van der Waals surface area contributed by atoms with E-state index in [9.17, 15) is 9.59 Å². The average Bonchev–Trinajstić information content (AvgIpc) is 2.98. The van der Waals surface area contributed by atoms with Crippen molar-refractivity contribution in [2.24, 2.45) is 0 Å². The zero-order chi connectivity index (χ0) is 14.7. The molecule has 1 atom stereocenters. The van der Waals surface area contributed by atoms with Gasteiger partial charge in [0, 0.05) is 4.88 Å². The van der Waals surface area contributed by atoms with E-state index in [-0.39, 0.29) is 24.2 Å². The molecule has 106 valence electrons. The number of amides is 1. The van der Waals surface area contributed by atoms with Crippen molar-refractivity contribution in [2.75, 3.05) is 0 Å². The Balaban J connectivity index is 1.93. The van der Waals surface area contributed by atoms with Crippen LogP contribution in [0.25, 0.3) is 0 Å². The van der Waals surface area contributed by atoms with Gasteiger partial charge < -0.3 is 10.4 Å². The predicted molar refractivity (Wildman–Crippen MR) is 72.9 cm³/mol. The first-order valence-corrected chi connectivity index (χ1v) is 6.83. The number of nitrogens with zero attached hydrogens (tertiary/aromatic N) is 3. The second-order valence-electron chi connectivity index (χ2n) is 4.04. The van der Waals surface area contributed by atoms with Gasteiger partial charge in [0.1, 0.15) is 6.54 Å². The van der Waals surface area contributed by atoms with Crippen LogP contribution < -0.4 is 5.32 Å². The highest BCUT2D eigenvalue weighted by Gasteiger charge is 2.14. The summed E-state index contributed by atoms with van der Waals surface area (Å²) < 4.78 is 1.83. The highest BCUT2D eigenvalue weighted by molar-refractivity contribution is 7.16. The van der Waals surface area contributed by atoms with Crippen LogP contribution in [-0.4, -0.2) is 32.0 Å². The molecule has 2 aromatic rings. The van der Waals surface area contributed by atoms with Gasteiger partial charge in [-0.05, 0) is 19.1 Å². The fraction of sp³-hybridized carbons (Fsp3) is 0.273. The number of hydrogen-bond donors (Lipinski definition) is 2. The minimum atomic E-state index is -1.18. The molecule has 0 aromatic carbocycles.